The molecule has 6 nitrogen and oxygen atoms in total. The monoisotopic (exact) mass is 344 g/mol. The molecular weight excluding hydrogens is 329 g/mol. The summed E-state index contributed by atoms with van der Waals surface area (Å²) < 4.78 is 42.3. The van der Waals surface area contributed by atoms with Gasteiger partial charge in [-0.25, -0.2) is 4.79 Å². The first-order valence-electron chi connectivity index (χ1n) is 7.15. The van der Waals surface area contributed by atoms with Crippen molar-refractivity contribution in [1.29, 1.82) is 0 Å². The maximum atomic E-state index is 12.5. The van der Waals surface area contributed by atoms with Gasteiger partial charge in [-0.15, -0.1) is 0 Å². The average molecular weight is 344 g/mol. The summed E-state index contributed by atoms with van der Waals surface area (Å²) in [6, 6.07) is 3.10. The number of rotatable bonds is 4. The van der Waals surface area contributed by atoms with Crippen LogP contribution in [0.3, 0.4) is 0 Å². The maximum absolute atomic E-state index is 12.5. The van der Waals surface area contributed by atoms with E-state index >= 15 is 0 Å². The van der Waals surface area contributed by atoms with Gasteiger partial charge >= 0.3 is 12.1 Å². The fraction of sp³-hybridized carbons (Fsp3) is 0.400. The number of anilines is 1. The molecule has 1 aromatic carbocycles. The normalized spacial score (nSPS) is 18.7. The van der Waals surface area contributed by atoms with E-state index in [0.29, 0.717) is 6.42 Å². The van der Waals surface area contributed by atoms with Crippen molar-refractivity contribution < 1.29 is 32.3 Å². The summed E-state index contributed by atoms with van der Waals surface area (Å²) in [5.41, 5.74) is -0.693. The minimum atomic E-state index is -4.46. The highest BCUT2D eigenvalue weighted by Gasteiger charge is 2.31. The van der Waals surface area contributed by atoms with Gasteiger partial charge in [-0.05, 0) is 37.6 Å². The molecule has 1 fully saturated rings. The van der Waals surface area contributed by atoms with Gasteiger partial charge in [0.2, 0.25) is 5.91 Å². The first-order valence-corrected chi connectivity index (χ1v) is 7.15. The minimum Gasteiger partial charge on any atom is -0.451 e. The first-order chi connectivity index (χ1) is 11.2. The summed E-state index contributed by atoms with van der Waals surface area (Å²) in [4.78, 5) is 34.7. The van der Waals surface area contributed by atoms with Crippen molar-refractivity contribution in [2.45, 2.75) is 38.1 Å². The molecule has 0 unspecified atom stereocenters. The highest BCUT2D eigenvalue weighted by Crippen LogP contribution is 2.29. The van der Waals surface area contributed by atoms with Gasteiger partial charge in [-0.3, -0.25) is 9.59 Å². The van der Waals surface area contributed by atoms with Crippen LogP contribution in [0.25, 0.3) is 0 Å². The van der Waals surface area contributed by atoms with Crippen molar-refractivity contribution in [3.05, 3.63) is 29.8 Å². The number of carbonyl (C=O) groups is 3. The van der Waals surface area contributed by atoms with Gasteiger partial charge in [-0.2, -0.15) is 13.2 Å². The van der Waals surface area contributed by atoms with Gasteiger partial charge in [0.1, 0.15) is 6.04 Å². The van der Waals surface area contributed by atoms with E-state index in [4.69, 9.17) is 4.74 Å². The topological polar surface area (TPSA) is 84.5 Å². The van der Waals surface area contributed by atoms with Crippen molar-refractivity contribution in [2.24, 2.45) is 0 Å². The molecule has 2 amide bonds. The van der Waals surface area contributed by atoms with Crippen molar-refractivity contribution in [3.63, 3.8) is 0 Å². The molecule has 24 heavy (non-hydrogen) atoms. The molecule has 130 valence electrons. The first kappa shape index (κ1) is 17.8. The molecule has 2 N–H and O–H groups in total. The van der Waals surface area contributed by atoms with Crippen LogP contribution in [0.15, 0.2) is 24.3 Å². The smallest absolute Gasteiger partial charge is 0.416 e. The van der Waals surface area contributed by atoms with Crippen LogP contribution in [-0.2, 0) is 25.3 Å². The Labute approximate surface area is 135 Å². The van der Waals surface area contributed by atoms with E-state index in [9.17, 15) is 27.6 Å². The zero-order valence-electron chi connectivity index (χ0n) is 12.6. The number of carbonyl (C=O) groups excluding carboxylic acids is 3. The molecule has 1 aromatic rings. The third kappa shape index (κ3) is 4.46. The largest absolute Gasteiger partial charge is 0.451 e. The third-order valence-electron chi connectivity index (χ3n) is 3.42. The summed E-state index contributed by atoms with van der Waals surface area (Å²) in [5, 5.41) is 4.77. The molecule has 1 aliphatic rings. The lowest BCUT2D eigenvalue weighted by Gasteiger charge is -2.16. The van der Waals surface area contributed by atoms with Gasteiger partial charge in [0.25, 0.3) is 5.91 Å². The van der Waals surface area contributed by atoms with Crippen LogP contribution in [0, 0.1) is 0 Å². The Morgan fingerprint density at radius 3 is 2.42 bits per heavy atom. The molecule has 9 heteroatoms. The van der Waals surface area contributed by atoms with Gasteiger partial charge in [0.15, 0.2) is 6.10 Å². The Hall–Kier alpha value is -2.58. The van der Waals surface area contributed by atoms with E-state index in [2.05, 4.69) is 10.6 Å². The van der Waals surface area contributed by atoms with Gasteiger partial charge < -0.3 is 15.4 Å². The fourth-order valence-corrected chi connectivity index (χ4v) is 2.09. The number of halogens is 3. The Morgan fingerprint density at radius 2 is 1.92 bits per heavy atom. The second-order valence-corrected chi connectivity index (χ2v) is 5.30. The van der Waals surface area contributed by atoms with Crippen molar-refractivity contribution in [2.75, 3.05) is 5.32 Å². The van der Waals surface area contributed by atoms with E-state index in [-0.39, 0.29) is 18.0 Å². The molecule has 0 aromatic heterocycles. The van der Waals surface area contributed by atoms with Gasteiger partial charge in [-0.1, -0.05) is 0 Å². The maximum Gasteiger partial charge on any atom is 0.416 e. The molecule has 0 saturated carbocycles. The van der Waals surface area contributed by atoms with E-state index in [1.54, 1.807) is 0 Å². The second-order valence-electron chi connectivity index (χ2n) is 5.30. The fourth-order valence-electron chi connectivity index (χ4n) is 2.09. The summed E-state index contributed by atoms with van der Waals surface area (Å²) in [6.07, 6.45) is -5.11. The minimum absolute atomic E-state index is 0.144. The lowest BCUT2D eigenvalue weighted by molar-refractivity contribution is -0.155. The van der Waals surface area contributed by atoms with Crippen LogP contribution in [-0.4, -0.2) is 29.9 Å². The lowest BCUT2D eigenvalue weighted by Crippen LogP contribution is -2.39. The van der Waals surface area contributed by atoms with Crippen LogP contribution in [0.5, 0.6) is 0 Å². The van der Waals surface area contributed by atoms with Crippen LogP contribution < -0.4 is 10.6 Å². The zero-order valence-corrected chi connectivity index (χ0v) is 12.6. The summed E-state index contributed by atoms with van der Waals surface area (Å²) in [5.74, 6) is -1.68. The third-order valence-corrected chi connectivity index (χ3v) is 3.42. The Balaban J connectivity index is 1.89. The van der Waals surface area contributed by atoms with E-state index in [1.165, 1.54) is 6.92 Å². The SMILES string of the molecule is C[C@@H](OC(=O)[C@H]1CCC(=O)N1)C(=O)Nc1ccc(C(F)(F)F)cc1. The second kappa shape index (κ2) is 6.90. The van der Waals surface area contributed by atoms with Gasteiger partial charge in [0.05, 0.1) is 5.56 Å². The Bertz CT molecular complexity index is 643. The van der Waals surface area contributed by atoms with Crippen molar-refractivity contribution >= 4 is 23.5 Å². The Morgan fingerprint density at radius 1 is 1.29 bits per heavy atom. The number of esters is 1. The molecular formula is C15H15F3N2O4. The Kier molecular flexibility index (Phi) is 5.10. The zero-order chi connectivity index (χ0) is 17.9. The quantitative estimate of drug-likeness (QED) is 0.817. The standard InChI is InChI=1S/C15H15F3N2O4/c1-8(24-14(23)11-6-7-12(21)20-11)13(22)19-10-4-2-9(3-5-10)15(16,17)18/h2-5,8,11H,6-7H2,1H3,(H,19,22)(H,20,21)/t8-,11-/m1/s1. The number of hydrogen-bond donors (Lipinski definition) is 2. The van der Waals surface area contributed by atoms with Crippen LogP contribution in [0.2, 0.25) is 0 Å². The summed E-state index contributed by atoms with van der Waals surface area (Å²) in [7, 11) is 0. The molecule has 0 spiro atoms. The molecule has 1 heterocycles. The van der Waals surface area contributed by atoms with E-state index in [0.717, 1.165) is 24.3 Å². The number of alkyl halides is 3. The number of nitrogens with one attached hydrogen (secondary N) is 2. The molecule has 0 bridgehead atoms. The molecule has 1 aliphatic heterocycles. The van der Waals surface area contributed by atoms with E-state index in [1.807, 2.05) is 0 Å². The number of hydrogen-bond acceptors (Lipinski definition) is 4. The number of amides is 2. The molecule has 2 atom stereocenters. The highest BCUT2D eigenvalue weighted by atomic mass is 19.4. The molecule has 2 rings (SSSR count). The van der Waals surface area contributed by atoms with E-state index < -0.39 is 35.8 Å². The van der Waals surface area contributed by atoms with Crippen LogP contribution in [0.1, 0.15) is 25.3 Å². The van der Waals surface area contributed by atoms with Crippen molar-refractivity contribution in [1.82, 2.24) is 5.32 Å². The highest BCUT2D eigenvalue weighted by molar-refractivity contribution is 5.96. The molecule has 0 radical (unpaired) electrons. The summed E-state index contributed by atoms with van der Waals surface area (Å²) >= 11 is 0. The van der Waals surface area contributed by atoms with Crippen LogP contribution in [0.4, 0.5) is 18.9 Å². The number of benzene rings is 1. The molecule has 0 aliphatic carbocycles. The van der Waals surface area contributed by atoms with Crippen LogP contribution >= 0.6 is 0 Å². The molecule has 1 saturated heterocycles. The summed E-state index contributed by atoms with van der Waals surface area (Å²) in [6.45, 7) is 1.33. The predicted octanol–water partition coefficient (Wildman–Crippen LogP) is 1.85. The lowest BCUT2D eigenvalue weighted by atomic mass is 10.2. The van der Waals surface area contributed by atoms with Gasteiger partial charge in [0, 0.05) is 12.1 Å². The number of ether oxygens (including phenoxy) is 1. The average Bonchev–Trinajstić information content (AvgIpc) is 2.93. The van der Waals surface area contributed by atoms with Crippen molar-refractivity contribution in [3.8, 4) is 0 Å². The predicted molar refractivity (Wildman–Crippen MR) is 76.8 cm³/mol.